The van der Waals surface area contributed by atoms with Gasteiger partial charge in [0.15, 0.2) is 0 Å². The number of nitrogens with zero attached hydrogens (tertiary/aromatic N) is 2. The first-order chi connectivity index (χ1) is 12.8. The molecule has 1 amide bonds. The largest absolute Gasteiger partial charge is 0.396 e. The summed E-state index contributed by atoms with van der Waals surface area (Å²) in [5.74, 6) is -0.409. The van der Waals surface area contributed by atoms with Gasteiger partial charge in [-0.25, -0.2) is 4.39 Å². The van der Waals surface area contributed by atoms with Gasteiger partial charge >= 0.3 is 0 Å². The third kappa shape index (κ3) is 3.64. The summed E-state index contributed by atoms with van der Waals surface area (Å²) < 4.78 is 15.2. The monoisotopic (exact) mass is 374 g/mol. The molecule has 27 heavy (non-hydrogen) atoms. The van der Waals surface area contributed by atoms with E-state index in [1.165, 1.54) is 12.1 Å². The first-order valence-corrected chi connectivity index (χ1v) is 9.23. The van der Waals surface area contributed by atoms with Gasteiger partial charge in [0.1, 0.15) is 5.82 Å². The van der Waals surface area contributed by atoms with Crippen molar-refractivity contribution in [3.63, 3.8) is 0 Å². The summed E-state index contributed by atoms with van der Waals surface area (Å²) >= 11 is 0. The van der Waals surface area contributed by atoms with Crippen molar-refractivity contribution in [2.45, 2.75) is 32.8 Å². The Balaban J connectivity index is 1.86. The van der Waals surface area contributed by atoms with E-state index in [9.17, 15) is 19.4 Å². The lowest BCUT2D eigenvalue weighted by Gasteiger charge is -2.45. The lowest BCUT2D eigenvalue weighted by Crippen LogP contribution is -2.56. The number of benzene rings is 1. The predicted octanol–water partition coefficient (Wildman–Crippen LogP) is 2.21. The molecule has 0 bridgehead atoms. The molecular formula is C21H27FN2O3. The zero-order valence-corrected chi connectivity index (χ0v) is 16.1. The molecule has 0 spiro atoms. The van der Waals surface area contributed by atoms with Crippen LogP contribution in [0.25, 0.3) is 0 Å². The Morgan fingerprint density at radius 2 is 1.96 bits per heavy atom. The molecule has 2 heterocycles. The first kappa shape index (κ1) is 19.6. The molecule has 1 saturated heterocycles. The second kappa shape index (κ2) is 7.44. The molecule has 0 aliphatic carbocycles. The Bertz CT molecular complexity index is 831. The topological polar surface area (TPSA) is 65.7 Å². The highest BCUT2D eigenvalue weighted by molar-refractivity contribution is 5.95. The number of rotatable bonds is 4. The van der Waals surface area contributed by atoms with Gasteiger partial charge in [-0.1, -0.05) is 12.1 Å². The Labute approximate surface area is 159 Å². The maximum Gasteiger partial charge on any atom is 0.255 e. The van der Waals surface area contributed by atoms with E-state index in [2.05, 4.69) is 0 Å². The quantitative estimate of drug-likeness (QED) is 0.862. The van der Waals surface area contributed by atoms with Crippen molar-refractivity contribution < 1.29 is 19.4 Å². The number of halogens is 1. The molecule has 0 unspecified atom stereocenters. The Hall–Kier alpha value is -2.18. The minimum atomic E-state index is -0.858. The van der Waals surface area contributed by atoms with Crippen molar-refractivity contribution in [3.05, 3.63) is 58.7 Å². The van der Waals surface area contributed by atoms with Crippen molar-refractivity contribution >= 4 is 5.91 Å². The van der Waals surface area contributed by atoms with Gasteiger partial charge in [0.25, 0.3) is 5.91 Å². The molecule has 1 aliphatic rings. The third-order valence-corrected chi connectivity index (χ3v) is 5.96. The fourth-order valence-electron chi connectivity index (χ4n) is 3.96. The summed E-state index contributed by atoms with van der Waals surface area (Å²) in [7, 11) is 1.92. The third-order valence-electron chi connectivity index (χ3n) is 5.96. The average molecular weight is 374 g/mol. The van der Waals surface area contributed by atoms with Crippen LogP contribution < -0.4 is 0 Å². The SMILES string of the molecule is Cc1cc(C(=O)N2CC[C@H](O)[C@@](CO)(Cc3ccc(F)cc3)C2)c(C)n1C. The van der Waals surface area contributed by atoms with Crippen LogP contribution in [0.4, 0.5) is 4.39 Å². The fourth-order valence-corrected chi connectivity index (χ4v) is 3.96. The highest BCUT2D eigenvalue weighted by atomic mass is 19.1. The van der Waals surface area contributed by atoms with E-state index in [4.69, 9.17) is 0 Å². The van der Waals surface area contributed by atoms with Gasteiger partial charge in [0.2, 0.25) is 0 Å². The van der Waals surface area contributed by atoms with Gasteiger partial charge in [-0.05, 0) is 50.5 Å². The van der Waals surface area contributed by atoms with E-state index >= 15 is 0 Å². The predicted molar refractivity (Wildman–Crippen MR) is 101 cm³/mol. The zero-order chi connectivity index (χ0) is 19.8. The van der Waals surface area contributed by atoms with Gasteiger partial charge in [-0.3, -0.25) is 4.79 Å². The van der Waals surface area contributed by atoms with Crippen LogP contribution in [0.3, 0.4) is 0 Å². The van der Waals surface area contributed by atoms with Crippen molar-refractivity contribution in [3.8, 4) is 0 Å². The summed E-state index contributed by atoms with van der Waals surface area (Å²) in [6, 6.07) is 7.93. The van der Waals surface area contributed by atoms with E-state index in [0.717, 1.165) is 17.0 Å². The molecule has 1 aromatic carbocycles. The Morgan fingerprint density at radius 1 is 1.30 bits per heavy atom. The number of aryl methyl sites for hydroxylation is 1. The number of hydrogen-bond donors (Lipinski definition) is 2. The molecule has 2 atom stereocenters. The lowest BCUT2D eigenvalue weighted by molar-refractivity contribution is -0.0668. The number of aromatic nitrogens is 1. The molecule has 1 aromatic heterocycles. The summed E-state index contributed by atoms with van der Waals surface area (Å²) in [5, 5.41) is 20.8. The highest BCUT2D eigenvalue weighted by Gasteiger charge is 2.44. The maximum absolute atomic E-state index is 13.2. The molecule has 2 N–H and O–H groups in total. The van der Waals surface area contributed by atoms with Crippen LogP contribution >= 0.6 is 0 Å². The number of piperidine rings is 1. The molecule has 5 nitrogen and oxygen atoms in total. The number of carbonyl (C=O) groups excluding carboxylic acids is 1. The minimum absolute atomic E-state index is 0.0833. The number of aliphatic hydroxyl groups excluding tert-OH is 2. The van der Waals surface area contributed by atoms with E-state index < -0.39 is 11.5 Å². The summed E-state index contributed by atoms with van der Waals surface area (Å²) in [6.45, 7) is 4.32. The second-order valence-electron chi connectivity index (χ2n) is 7.70. The standard InChI is InChI=1S/C21H27FN2O3/c1-14-10-18(15(2)23(14)3)20(27)24-9-8-19(26)21(12-24,13-25)11-16-4-6-17(22)7-5-16/h4-7,10,19,25-26H,8-9,11-13H2,1-3H3/t19-,21-/m0/s1. The average Bonchev–Trinajstić information content (AvgIpc) is 2.92. The second-order valence-corrected chi connectivity index (χ2v) is 7.70. The van der Waals surface area contributed by atoms with E-state index in [0.29, 0.717) is 24.9 Å². The van der Waals surface area contributed by atoms with Crippen LogP contribution in [0, 0.1) is 25.1 Å². The molecule has 1 fully saturated rings. The van der Waals surface area contributed by atoms with Crippen LogP contribution in [-0.4, -0.2) is 51.4 Å². The lowest BCUT2D eigenvalue weighted by atomic mass is 9.73. The summed E-state index contributed by atoms with van der Waals surface area (Å²) in [5.41, 5.74) is 2.53. The van der Waals surface area contributed by atoms with Crippen molar-refractivity contribution in [2.75, 3.05) is 19.7 Å². The first-order valence-electron chi connectivity index (χ1n) is 9.23. The van der Waals surface area contributed by atoms with E-state index in [1.807, 2.05) is 31.5 Å². The zero-order valence-electron chi connectivity index (χ0n) is 16.1. The number of carbonyl (C=O) groups is 1. The molecule has 3 rings (SSSR count). The van der Waals surface area contributed by atoms with Crippen molar-refractivity contribution in [1.82, 2.24) is 9.47 Å². The maximum atomic E-state index is 13.2. The molecule has 0 saturated carbocycles. The van der Waals surface area contributed by atoms with Crippen molar-refractivity contribution in [2.24, 2.45) is 12.5 Å². The number of hydrogen-bond acceptors (Lipinski definition) is 3. The number of amides is 1. The minimum Gasteiger partial charge on any atom is -0.396 e. The normalized spacial score (nSPS) is 22.9. The van der Waals surface area contributed by atoms with Crippen LogP contribution in [0.5, 0.6) is 0 Å². The smallest absolute Gasteiger partial charge is 0.255 e. The van der Waals surface area contributed by atoms with E-state index in [1.54, 1.807) is 17.0 Å². The molecular weight excluding hydrogens is 347 g/mol. The van der Waals surface area contributed by atoms with Crippen LogP contribution in [0.1, 0.15) is 33.7 Å². The molecule has 0 radical (unpaired) electrons. The van der Waals surface area contributed by atoms with Gasteiger partial charge in [0, 0.05) is 36.9 Å². The van der Waals surface area contributed by atoms with Crippen LogP contribution in [0.2, 0.25) is 0 Å². The van der Waals surface area contributed by atoms with Crippen LogP contribution in [0.15, 0.2) is 30.3 Å². The van der Waals surface area contributed by atoms with Gasteiger partial charge < -0.3 is 19.7 Å². The number of likely N-dealkylation sites (tertiary alicyclic amines) is 1. The van der Waals surface area contributed by atoms with Gasteiger partial charge in [0.05, 0.1) is 18.3 Å². The van der Waals surface area contributed by atoms with Crippen molar-refractivity contribution in [1.29, 1.82) is 0 Å². The van der Waals surface area contributed by atoms with Gasteiger partial charge in [-0.2, -0.15) is 0 Å². The van der Waals surface area contributed by atoms with Crippen LogP contribution in [-0.2, 0) is 13.5 Å². The molecule has 1 aliphatic heterocycles. The summed E-state index contributed by atoms with van der Waals surface area (Å²) in [4.78, 5) is 14.8. The number of aliphatic hydroxyl groups is 2. The summed E-state index contributed by atoms with van der Waals surface area (Å²) in [6.07, 6.45) is 0.0510. The van der Waals surface area contributed by atoms with E-state index in [-0.39, 0.29) is 24.9 Å². The Kier molecular flexibility index (Phi) is 5.40. The Morgan fingerprint density at radius 3 is 2.52 bits per heavy atom. The highest BCUT2D eigenvalue weighted by Crippen LogP contribution is 2.35. The molecule has 146 valence electrons. The fraction of sp³-hybridized carbons (Fsp3) is 0.476. The molecule has 2 aromatic rings. The molecule has 6 heteroatoms. The van der Waals surface area contributed by atoms with Gasteiger partial charge in [-0.15, -0.1) is 0 Å².